The Morgan fingerprint density at radius 3 is 2.63 bits per heavy atom. The topological polar surface area (TPSA) is 43.8 Å². The fraction of sp³-hybridized carbons (Fsp3) is 0.933. The van der Waals surface area contributed by atoms with Crippen LogP contribution in [0.2, 0.25) is 0 Å². The number of hydrogen-bond donors (Lipinski definition) is 1. The Morgan fingerprint density at radius 1 is 1.42 bits per heavy atom. The van der Waals surface area contributed by atoms with Crippen LogP contribution < -0.4 is 0 Å². The molecule has 1 fully saturated rings. The number of likely N-dealkylation sites (tertiary alicyclic amines) is 1. The van der Waals surface area contributed by atoms with Crippen LogP contribution in [0.4, 0.5) is 0 Å². The van der Waals surface area contributed by atoms with Gasteiger partial charge in [-0.25, -0.2) is 0 Å². The lowest BCUT2D eigenvalue weighted by atomic mass is 9.97. The molecule has 0 spiro atoms. The molecular formula is C15H30N2O2. The molecule has 112 valence electrons. The van der Waals surface area contributed by atoms with E-state index in [4.69, 9.17) is 0 Å². The second-order valence-corrected chi connectivity index (χ2v) is 6.04. The highest BCUT2D eigenvalue weighted by atomic mass is 16.3. The molecule has 4 heteroatoms. The molecule has 1 aliphatic rings. The summed E-state index contributed by atoms with van der Waals surface area (Å²) in [5.41, 5.74) is 0. The number of unbranched alkanes of at least 4 members (excludes halogenated alkanes) is 1. The van der Waals surface area contributed by atoms with E-state index in [1.807, 2.05) is 19.0 Å². The molecule has 0 saturated carbocycles. The minimum Gasteiger partial charge on any atom is -0.391 e. The molecule has 1 amide bonds. The number of carbonyl (C=O) groups excluding carboxylic acids is 1. The molecule has 1 N–H and O–H groups in total. The van der Waals surface area contributed by atoms with Crippen molar-refractivity contribution in [2.45, 2.75) is 58.1 Å². The summed E-state index contributed by atoms with van der Waals surface area (Å²) in [4.78, 5) is 16.6. The fourth-order valence-electron chi connectivity index (χ4n) is 2.94. The van der Waals surface area contributed by atoms with Gasteiger partial charge in [0.2, 0.25) is 5.91 Å². The van der Waals surface area contributed by atoms with E-state index in [0.29, 0.717) is 13.0 Å². The smallest absolute Gasteiger partial charge is 0.226 e. The zero-order valence-electron chi connectivity index (χ0n) is 12.9. The van der Waals surface area contributed by atoms with Crippen molar-refractivity contribution in [1.29, 1.82) is 0 Å². The molecule has 3 unspecified atom stereocenters. The minimum absolute atomic E-state index is 0.134. The Balaban J connectivity index is 2.65. The van der Waals surface area contributed by atoms with Crippen molar-refractivity contribution in [1.82, 2.24) is 9.80 Å². The highest BCUT2D eigenvalue weighted by Crippen LogP contribution is 2.24. The molecule has 0 aliphatic carbocycles. The SMILES string of the molecule is CCCCC(CC)C(=O)N1CC(O)CC1CN(C)C. The third-order valence-corrected chi connectivity index (χ3v) is 4.00. The van der Waals surface area contributed by atoms with E-state index >= 15 is 0 Å². The lowest BCUT2D eigenvalue weighted by molar-refractivity contribution is -0.137. The highest BCUT2D eigenvalue weighted by Gasteiger charge is 2.36. The molecule has 1 rings (SSSR count). The average molecular weight is 270 g/mol. The number of rotatable bonds is 7. The van der Waals surface area contributed by atoms with Crippen molar-refractivity contribution in [2.75, 3.05) is 27.2 Å². The number of β-amino-alcohol motifs (C(OH)–C–C–N with tert-alkyl or cyclic N) is 1. The van der Waals surface area contributed by atoms with Crippen LogP contribution in [-0.4, -0.2) is 60.1 Å². The molecule has 1 aliphatic heterocycles. The Labute approximate surface area is 117 Å². The molecule has 0 bridgehead atoms. The first-order chi connectivity index (χ1) is 8.99. The maximum atomic E-state index is 12.6. The largest absolute Gasteiger partial charge is 0.391 e. The van der Waals surface area contributed by atoms with Crippen molar-refractivity contribution in [3.05, 3.63) is 0 Å². The van der Waals surface area contributed by atoms with Crippen LogP contribution in [0.3, 0.4) is 0 Å². The second kappa shape index (κ2) is 7.85. The summed E-state index contributed by atoms with van der Waals surface area (Å²) in [6, 6.07) is 0.174. The van der Waals surface area contributed by atoms with Gasteiger partial charge in [-0.2, -0.15) is 0 Å². The number of aliphatic hydroxyl groups excluding tert-OH is 1. The van der Waals surface area contributed by atoms with Crippen molar-refractivity contribution >= 4 is 5.91 Å². The fourth-order valence-corrected chi connectivity index (χ4v) is 2.94. The summed E-state index contributed by atoms with van der Waals surface area (Å²) < 4.78 is 0. The number of nitrogens with zero attached hydrogens (tertiary/aromatic N) is 2. The molecular weight excluding hydrogens is 240 g/mol. The van der Waals surface area contributed by atoms with Crippen LogP contribution in [-0.2, 0) is 4.79 Å². The van der Waals surface area contributed by atoms with E-state index in [2.05, 4.69) is 18.7 Å². The average Bonchev–Trinajstić information content (AvgIpc) is 2.70. The van der Waals surface area contributed by atoms with E-state index in [1.54, 1.807) is 0 Å². The predicted octanol–water partition coefficient (Wildman–Crippen LogP) is 1.73. The van der Waals surface area contributed by atoms with E-state index < -0.39 is 0 Å². The second-order valence-electron chi connectivity index (χ2n) is 6.04. The molecule has 0 aromatic rings. The van der Waals surface area contributed by atoms with Crippen LogP contribution in [0.5, 0.6) is 0 Å². The molecule has 1 saturated heterocycles. The van der Waals surface area contributed by atoms with E-state index in [0.717, 1.165) is 32.2 Å². The number of amides is 1. The number of carbonyl (C=O) groups is 1. The van der Waals surface area contributed by atoms with Crippen LogP contribution >= 0.6 is 0 Å². The van der Waals surface area contributed by atoms with Crippen molar-refractivity contribution in [3.63, 3.8) is 0 Å². The third kappa shape index (κ3) is 4.77. The molecule has 3 atom stereocenters. The molecule has 0 radical (unpaired) electrons. The van der Waals surface area contributed by atoms with Gasteiger partial charge < -0.3 is 14.9 Å². The van der Waals surface area contributed by atoms with Gasteiger partial charge in [0.15, 0.2) is 0 Å². The summed E-state index contributed by atoms with van der Waals surface area (Å²) in [5.74, 6) is 0.384. The van der Waals surface area contributed by atoms with Gasteiger partial charge in [-0.15, -0.1) is 0 Å². The predicted molar refractivity (Wildman–Crippen MR) is 78.0 cm³/mol. The van der Waals surface area contributed by atoms with Crippen molar-refractivity contribution in [2.24, 2.45) is 5.92 Å². The Kier molecular flexibility index (Phi) is 6.80. The first-order valence-corrected chi connectivity index (χ1v) is 7.62. The quantitative estimate of drug-likeness (QED) is 0.766. The van der Waals surface area contributed by atoms with Crippen LogP contribution in [0.25, 0.3) is 0 Å². The number of likely N-dealkylation sites (N-methyl/N-ethyl adjacent to an activating group) is 1. The summed E-state index contributed by atoms with van der Waals surface area (Å²) in [6.07, 6.45) is 4.49. The Morgan fingerprint density at radius 2 is 2.11 bits per heavy atom. The van der Waals surface area contributed by atoms with E-state index in [-0.39, 0.29) is 24.0 Å². The zero-order chi connectivity index (χ0) is 14.4. The van der Waals surface area contributed by atoms with E-state index in [1.165, 1.54) is 0 Å². The summed E-state index contributed by atoms with van der Waals surface area (Å²) in [6.45, 7) is 5.60. The van der Waals surface area contributed by atoms with Crippen LogP contribution in [0, 0.1) is 5.92 Å². The zero-order valence-corrected chi connectivity index (χ0v) is 12.9. The van der Waals surface area contributed by atoms with E-state index in [9.17, 15) is 9.90 Å². The van der Waals surface area contributed by atoms with Gasteiger partial charge in [0.05, 0.1) is 6.10 Å². The van der Waals surface area contributed by atoms with Gasteiger partial charge in [0, 0.05) is 25.0 Å². The lowest BCUT2D eigenvalue weighted by Crippen LogP contribution is -2.44. The monoisotopic (exact) mass is 270 g/mol. The van der Waals surface area contributed by atoms with Gasteiger partial charge in [0.1, 0.15) is 0 Å². The third-order valence-electron chi connectivity index (χ3n) is 4.00. The molecule has 19 heavy (non-hydrogen) atoms. The maximum absolute atomic E-state index is 12.6. The highest BCUT2D eigenvalue weighted by molar-refractivity contribution is 5.79. The molecule has 1 heterocycles. The summed E-state index contributed by atoms with van der Waals surface area (Å²) in [7, 11) is 4.03. The van der Waals surface area contributed by atoms with Crippen LogP contribution in [0.1, 0.15) is 46.0 Å². The van der Waals surface area contributed by atoms with Crippen LogP contribution in [0.15, 0.2) is 0 Å². The van der Waals surface area contributed by atoms with Gasteiger partial charge in [-0.3, -0.25) is 4.79 Å². The Bertz CT molecular complexity index is 281. The molecule has 0 aromatic heterocycles. The maximum Gasteiger partial charge on any atom is 0.226 e. The standard InChI is InChI=1S/C15H30N2O2/c1-5-7-8-12(6-2)15(19)17-11-14(18)9-13(17)10-16(3)4/h12-14,18H,5-11H2,1-4H3. The minimum atomic E-state index is -0.349. The number of aliphatic hydroxyl groups is 1. The van der Waals surface area contributed by atoms with Gasteiger partial charge >= 0.3 is 0 Å². The number of hydrogen-bond acceptors (Lipinski definition) is 3. The summed E-state index contributed by atoms with van der Waals surface area (Å²) in [5, 5.41) is 9.85. The lowest BCUT2D eigenvalue weighted by Gasteiger charge is -2.30. The normalized spacial score (nSPS) is 25.1. The molecule has 0 aromatic carbocycles. The summed E-state index contributed by atoms with van der Waals surface area (Å²) >= 11 is 0. The molecule has 4 nitrogen and oxygen atoms in total. The van der Waals surface area contributed by atoms with Crippen molar-refractivity contribution in [3.8, 4) is 0 Å². The van der Waals surface area contributed by atoms with Gasteiger partial charge in [-0.05, 0) is 33.4 Å². The first-order valence-electron chi connectivity index (χ1n) is 7.62. The van der Waals surface area contributed by atoms with Crippen molar-refractivity contribution < 1.29 is 9.90 Å². The van der Waals surface area contributed by atoms with Gasteiger partial charge in [0.25, 0.3) is 0 Å². The first kappa shape index (κ1) is 16.4. The van der Waals surface area contributed by atoms with Gasteiger partial charge in [-0.1, -0.05) is 26.7 Å². The Hall–Kier alpha value is -0.610.